The molecule has 0 aliphatic carbocycles. The number of ether oxygens (including phenoxy) is 1. The first-order valence-corrected chi connectivity index (χ1v) is 4.87. The lowest BCUT2D eigenvalue weighted by molar-refractivity contribution is -0.140. The van der Waals surface area contributed by atoms with Crippen molar-refractivity contribution in [3.8, 4) is 0 Å². The molecule has 1 aromatic heterocycles. The largest absolute Gasteiger partial charge is 0.469 e. The molecule has 0 aliphatic rings. The molecule has 0 radical (unpaired) electrons. The van der Waals surface area contributed by atoms with Crippen molar-refractivity contribution in [2.45, 2.75) is 18.7 Å². The first-order chi connectivity index (χ1) is 6.77. The average Bonchev–Trinajstić information content (AvgIpc) is 2.26. The summed E-state index contributed by atoms with van der Waals surface area (Å²) in [5.74, 6) is 0.159. The van der Waals surface area contributed by atoms with Gasteiger partial charge in [0.25, 0.3) is 0 Å². The van der Waals surface area contributed by atoms with Crippen molar-refractivity contribution in [2.75, 3.05) is 7.11 Å². The number of hydrogen-bond acceptors (Lipinski definition) is 3. The lowest BCUT2D eigenvalue weighted by Crippen LogP contribution is -2.04. The van der Waals surface area contributed by atoms with E-state index in [0.29, 0.717) is 18.7 Å². The van der Waals surface area contributed by atoms with Crippen molar-refractivity contribution < 1.29 is 9.53 Å². The summed E-state index contributed by atoms with van der Waals surface area (Å²) in [5.41, 5.74) is 1.84. The highest BCUT2D eigenvalue weighted by Gasteiger charge is 2.05. The number of alkyl halides is 1. The number of hydrogen-bond donors (Lipinski definition) is 0. The zero-order valence-corrected chi connectivity index (χ0v) is 8.75. The second kappa shape index (κ2) is 5.60. The number of carbonyl (C=O) groups is 1. The lowest BCUT2D eigenvalue weighted by atomic mass is 10.1. The third-order valence-electron chi connectivity index (χ3n) is 1.94. The molecule has 76 valence electrons. The van der Waals surface area contributed by atoms with Crippen LogP contribution in [0.25, 0.3) is 0 Å². The van der Waals surface area contributed by atoms with E-state index < -0.39 is 0 Å². The fourth-order valence-corrected chi connectivity index (χ4v) is 1.40. The standard InChI is InChI=1S/C10H12ClNO2/c1-14-10(13)5-4-8-3-2-6-12-9(8)7-11/h2-3,6H,4-5,7H2,1H3. The van der Waals surface area contributed by atoms with Crippen molar-refractivity contribution >= 4 is 17.6 Å². The Morgan fingerprint density at radius 2 is 2.43 bits per heavy atom. The second-order valence-electron chi connectivity index (χ2n) is 2.82. The highest BCUT2D eigenvalue weighted by molar-refractivity contribution is 6.17. The molecule has 0 N–H and O–H groups in total. The summed E-state index contributed by atoms with van der Waals surface area (Å²) in [4.78, 5) is 15.0. The number of aryl methyl sites for hydroxylation is 1. The number of carbonyl (C=O) groups excluding carboxylic acids is 1. The first kappa shape index (κ1) is 11.0. The SMILES string of the molecule is COC(=O)CCc1cccnc1CCl. The van der Waals surface area contributed by atoms with Crippen LogP contribution in [0, 0.1) is 0 Å². The summed E-state index contributed by atoms with van der Waals surface area (Å²) in [6.07, 6.45) is 2.69. The highest BCUT2D eigenvalue weighted by Crippen LogP contribution is 2.10. The molecule has 0 bridgehead atoms. The summed E-state index contributed by atoms with van der Waals surface area (Å²) in [6.45, 7) is 0. The maximum absolute atomic E-state index is 10.9. The van der Waals surface area contributed by atoms with E-state index >= 15 is 0 Å². The quantitative estimate of drug-likeness (QED) is 0.567. The predicted octanol–water partition coefficient (Wildman–Crippen LogP) is 1.93. The van der Waals surface area contributed by atoms with Gasteiger partial charge in [-0.15, -0.1) is 11.6 Å². The van der Waals surface area contributed by atoms with E-state index in [0.717, 1.165) is 11.3 Å². The highest BCUT2D eigenvalue weighted by atomic mass is 35.5. The molecule has 1 aromatic rings. The number of rotatable bonds is 4. The molecule has 0 spiro atoms. The van der Waals surface area contributed by atoms with Crippen LogP contribution in [0.3, 0.4) is 0 Å². The van der Waals surface area contributed by atoms with Crippen LogP contribution in [-0.4, -0.2) is 18.1 Å². The molecular formula is C10H12ClNO2. The number of aromatic nitrogens is 1. The third-order valence-corrected chi connectivity index (χ3v) is 2.19. The Balaban J connectivity index is 2.61. The van der Waals surface area contributed by atoms with E-state index in [2.05, 4.69) is 9.72 Å². The van der Waals surface area contributed by atoms with E-state index in [1.165, 1.54) is 7.11 Å². The van der Waals surface area contributed by atoms with Crippen molar-refractivity contribution in [2.24, 2.45) is 0 Å². The third kappa shape index (κ3) is 3.00. The maximum Gasteiger partial charge on any atom is 0.305 e. The molecule has 1 heterocycles. The number of nitrogens with zero attached hydrogens (tertiary/aromatic N) is 1. The van der Waals surface area contributed by atoms with Crippen molar-refractivity contribution in [1.82, 2.24) is 4.98 Å². The smallest absolute Gasteiger partial charge is 0.305 e. The zero-order chi connectivity index (χ0) is 10.4. The van der Waals surface area contributed by atoms with Gasteiger partial charge in [0.15, 0.2) is 0 Å². The van der Waals surface area contributed by atoms with Gasteiger partial charge in [-0.1, -0.05) is 6.07 Å². The number of esters is 1. The Morgan fingerprint density at radius 1 is 1.64 bits per heavy atom. The van der Waals surface area contributed by atoms with Crippen LogP contribution in [0.15, 0.2) is 18.3 Å². The molecule has 14 heavy (non-hydrogen) atoms. The fraction of sp³-hybridized carbons (Fsp3) is 0.400. The van der Waals surface area contributed by atoms with Crippen LogP contribution in [0.4, 0.5) is 0 Å². The van der Waals surface area contributed by atoms with Crippen LogP contribution < -0.4 is 0 Å². The monoisotopic (exact) mass is 213 g/mol. The minimum absolute atomic E-state index is 0.214. The molecule has 0 aromatic carbocycles. The van der Waals surface area contributed by atoms with Gasteiger partial charge in [-0.2, -0.15) is 0 Å². The van der Waals surface area contributed by atoms with Crippen LogP contribution in [0.5, 0.6) is 0 Å². The van der Waals surface area contributed by atoms with E-state index in [9.17, 15) is 4.79 Å². The summed E-state index contributed by atoms with van der Waals surface area (Å²) < 4.78 is 4.55. The minimum atomic E-state index is -0.214. The Bertz CT molecular complexity index is 315. The van der Waals surface area contributed by atoms with Crippen molar-refractivity contribution in [3.63, 3.8) is 0 Å². The number of methoxy groups -OCH3 is 1. The fourth-order valence-electron chi connectivity index (χ4n) is 1.16. The molecule has 0 unspecified atom stereocenters. The average molecular weight is 214 g/mol. The first-order valence-electron chi connectivity index (χ1n) is 4.33. The van der Waals surface area contributed by atoms with E-state index in [4.69, 9.17) is 11.6 Å². The molecule has 4 heteroatoms. The zero-order valence-electron chi connectivity index (χ0n) is 8.00. The summed E-state index contributed by atoms with van der Waals surface area (Å²) in [5, 5.41) is 0. The Labute approximate surface area is 88.1 Å². The molecule has 3 nitrogen and oxygen atoms in total. The molecule has 0 aliphatic heterocycles. The molecule has 0 saturated heterocycles. The van der Waals surface area contributed by atoms with Crippen LogP contribution in [0.2, 0.25) is 0 Å². The van der Waals surface area contributed by atoms with Crippen LogP contribution >= 0.6 is 11.6 Å². The Morgan fingerprint density at radius 3 is 3.07 bits per heavy atom. The second-order valence-corrected chi connectivity index (χ2v) is 3.09. The molecular weight excluding hydrogens is 202 g/mol. The van der Waals surface area contributed by atoms with Gasteiger partial charge in [0.2, 0.25) is 0 Å². The van der Waals surface area contributed by atoms with Gasteiger partial charge >= 0.3 is 5.97 Å². The Hall–Kier alpha value is -1.09. The molecule has 1 rings (SSSR count). The van der Waals surface area contributed by atoms with Gasteiger partial charge in [-0.3, -0.25) is 9.78 Å². The molecule has 0 saturated carbocycles. The van der Waals surface area contributed by atoms with E-state index in [1.807, 2.05) is 12.1 Å². The normalized spacial score (nSPS) is 9.86. The van der Waals surface area contributed by atoms with Gasteiger partial charge in [-0.05, 0) is 18.1 Å². The van der Waals surface area contributed by atoms with Crippen LogP contribution in [-0.2, 0) is 21.8 Å². The molecule has 0 amide bonds. The van der Waals surface area contributed by atoms with Crippen molar-refractivity contribution in [1.29, 1.82) is 0 Å². The number of pyridine rings is 1. The summed E-state index contributed by atoms with van der Waals surface area (Å²) >= 11 is 5.70. The predicted molar refractivity (Wildman–Crippen MR) is 54.1 cm³/mol. The maximum atomic E-state index is 10.9. The van der Waals surface area contributed by atoms with Gasteiger partial charge in [-0.25, -0.2) is 0 Å². The number of halogens is 1. The van der Waals surface area contributed by atoms with Crippen LogP contribution in [0.1, 0.15) is 17.7 Å². The topological polar surface area (TPSA) is 39.2 Å². The molecule has 0 fully saturated rings. The van der Waals surface area contributed by atoms with Gasteiger partial charge in [0.1, 0.15) is 0 Å². The van der Waals surface area contributed by atoms with Gasteiger partial charge < -0.3 is 4.74 Å². The lowest BCUT2D eigenvalue weighted by Gasteiger charge is -2.04. The van der Waals surface area contributed by atoms with Crippen molar-refractivity contribution in [3.05, 3.63) is 29.6 Å². The van der Waals surface area contributed by atoms with Gasteiger partial charge in [0, 0.05) is 12.6 Å². The van der Waals surface area contributed by atoms with E-state index in [1.54, 1.807) is 6.20 Å². The molecule has 0 atom stereocenters. The van der Waals surface area contributed by atoms with E-state index in [-0.39, 0.29) is 5.97 Å². The van der Waals surface area contributed by atoms with Gasteiger partial charge in [0.05, 0.1) is 18.7 Å². The Kier molecular flexibility index (Phi) is 4.40. The minimum Gasteiger partial charge on any atom is -0.469 e. The summed E-state index contributed by atoms with van der Waals surface area (Å²) in [6, 6.07) is 3.76. The summed E-state index contributed by atoms with van der Waals surface area (Å²) in [7, 11) is 1.38.